The van der Waals surface area contributed by atoms with Crippen LogP contribution in [0.15, 0.2) is 53.5 Å². The zero-order valence-corrected chi connectivity index (χ0v) is 15.7. The van der Waals surface area contributed by atoms with E-state index in [0.29, 0.717) is 19.2 Å². The molecule has 1 aliphatic carbocycles. The summed E-state index contributed by atoms with van der Waals surface area (Å²) in [7, 11) is 3.40. The molecule has 0 heterocycles. The Kier molecular flexibility index (Phi) is 6.65. The quantitative estimate of drug-likeness (QED) is 0.421. The molecule has 0 spiro atoms. The third-order valence-electron chi connectivity index (χ3n) is 4.50. The zero-order valence-electron chi connectivity index (χ0n) is 15.7. The van der Waals surface area contributed by atoms with Gasteiger partial charge < -0.3 is 20.1 Å². The SMILES string of the molecule is CN=C(Nc1cccc(OCCCOC)c1)NC1CC1c1ccccc1F. The number of hydrogen-bond donors (Lipinski definition) is 2. The van der Waals surface area contributed by atoms with E-state index in [-0.39, 0.29) is 17.8 Å². The monoisotopic (exact) mass is 371 g/mol. The van der Waals surface area contributed by atoms with Crippen molar-refractivity contribution in [1.82, 2.24) is 5.32 Å². The van der Waals surface area contributed by atoms with Gasteiger partial charge in [0.2, 0.25) is 0 Å². The second-order valence-corrected chi connectivity index (χ2v) is 6.53. The van der Waals surface area contributed by atoms with E-state index in [9.17, 15) is 4.39 Å². The summed E-state index contributed by atoms with van der Waals surface area (Å²) < 4.78 is 24.7. The summed E-state index contributed by atoms with van der Waals surface area (Å²) in [5, 5.41) is 6.63. The first-order valence-electron chi connectivity index (χ1n) is 9.18. The molecule has 5 nitrogen and oxygen atoms in total. The number of aliphatic imine (C=N–C) groups is 1. The van der Waals surface area contributed by atoms with Crippen molar-refractivity contribution in [2.45, 2.75) is 24.8 Å². The first kappa shape index (κ1) is 19.2. The van der Waals surface area contributed by atoms with Gasteiger partial charge in [0.1, 0.15) is 11.6 Å². The van der Waals surface area contributed by atoms with E-state index in [1.807, 2.05) is 36.4 Å². The lowest BCUT2D eigenvalue weighted by molar-refractivity contribution is 0.172. The number of halogens is 1. The molecule has 0 bridgehead atoms. The van der Waals surface area contributed by atoms with Crippen molar-refractivity contribution in [2.24, 2.45) is 4.99 Å². The third-order valence-corrected chi connectivity index (χ3v) is 4.50. The van der Waals surface area contributed by atoms with Crippen LogP contribution in [0.2, 0.25) is 0 Å². The van der Waals surface area contributed by atoms with E-state index in [4.69, 9.17) is 9.47 Å². The van der Waals surface area contributed by atoms with Gasteiger partial charge in [-0.3, -0.25) is 4.99 Å². The lowest BCUT2D eigenvalue weighted by atomic mass is 10.1. The Hall–Kier alpha value is -2.60. The van der Waals surface area contributed by atoms with Gasteiger partial charge in [-0.25, -0.2) is 4.39 Å². The summed E-state index contributed by atoms with van der Waals surface area (Å²) >= 11 is 0. The molecule has 0 aromatic heterocycles. The van der Waals surface area contributed by atoms with E-state index in [1.165, 1.54) is 6.07 Å². The summed E-state index contributed by atoms with van der Waals surface area (Å²) in [5.41, 5.74) is 1.65. The highest BCUT2D eigenvalue weighted by Gasteiger charge is 2.40. The molecule has 2 unspecified atom stereocenters. The number of nitrogens with zero attached hydrogens (tertiary/aromatic N) is 1. The standard InChI is InChI=1S/C21H26FN3O2/c1-23-21(25-20-14-18(20)17-9-3-4-10-19(17)22)24-15-7-5-8-16(13-15)27-12-6-11-26-2/h3-5,7-10,13,18,20H,6,11-12,14H2,1-2H3,(H2,23,24,25). The Bertz CT molecular complexity index is 782. The summed E-state index contributed by atoms with van der Waals surface area (Å²) in [5.74, 6) is 1.49. The highest BCUT2D eigenvalue weighted by molar-refractivity contribution is 5.94. The van der Waals surface area contributed by atoms with Crippen molar-refractivity contribution in [2.75, 3.05) is 32.7 Å². The van der Waals surface area contributed by atoms with E-state index in [2.05, 4.69) is 15.6 Å². The smallest absolute Gasteiger partial charge is 0.195 e. The average Bonchev–Trinajstić information content (AvgIpc) is 3.44. The average molecular weight is 371 g/mol. The molecule has 1 fully saturated rings. The van der Waals surface area contributed by atoms with E-state index < -0.39 is 0 Å². The Balaban J connectivity index is 1.53. The number of nitrogens with one attached hydrogen (secondary N) is 2. The Labute approximate surface area is 159 Å². The van der Waals surface area contributed by atoms with Gasteiger partial charge in [-0.2, -0.15) is 0 Å². The van der Waals surface area contributed by atoms with Crippen molar-refractivity contribution < 1.29 is 13.9 Å². The molecule has 0 radical (unpaired) electrons. The van der Waals surface area contributed by atoms with Crippen LogP contribution in [-0.4, -0.2) is 39.4 Å². The van der Waals surface area contributed by atoms with Gasteiger partial charge in [0.05, 0.1) is 6.61 Å². The predicted octanol–water partition coefficient (Wildman–Crippen LogP) is 3.78. The molecule has 27 heavy (non-hydrogen) atoms. The van der Waals surface area contributed by atoms with E-state index >= 15 is 0 Å². The topological polar surface area (TPSA) is 54.9 Å². The maximum atomic E-state index is 13.9. The fourth-order valence-electron chi connectivity index (χ4n) is 3.00. The minimum Gasteiger partial charge on any atom is -0.493 e. The lowest BCUT2D eigenvalue weighted by Crippen LogP contribution is -2.33. The van der Waals surface area contributed by atoms with Gasteiger partial charge in [0.25, 0.3) is 0 Å². The molecule has 1 saturated carbocycles. The number of methoxy groups -OCH3 is 1. The summed E-state index contributed by atoms with van der Waals surface area (Å²) in [6.45, 7) is 1.29. The molecule has 144 valence electrons. The van der Waals surface area contributed by atoms with Gasteiger partial charge in [-0.15, -0.1) is 0 Å². The second-order valence-electron chi connectivity index (χ2n) is 6.53. The minimum atomic E-state index is -0.145. The maximum absolute atomic E-state index is 13.9. The highest BCUT2D eigenvalue weighted by Crippen LogP contribution is 2.41. The van der Waals surface area contributed by atoms with Gasteiger partial charge in [0.15, 0.2) is 5.96 Å². The largest absolute Gasteiger partial charge is 0.493 e. The van der Waals surface area contributed by atoms with E-state index in [0.717, 1.165) is 29.8 Å². The number of anilines is 1. The third kappa shape index (κ3) is 5.44. The molecular formula is C21H26FN3O2. The van der Waals surface area contributed by atoms with Gasteiger partial charge in [-0.05, 0) is 30.2 Å². The lowest BCUT2D eigenvalue weighted by Gasteiger charge is -2.13. The maximum Gasteiger partial charge on any atom is 0.195 e. The number of ether oxygens (including phenoxy) is 2. The summed E-state index contributed by atoms with van der Waals surface area (Å²) in [6, 6.07) is 14.9. The van der Waals surface area contributed by atoms with Crippen LogP contribution in [0.25, 0.3) is 0 Å². The van der Waals surface area contributed by atoms with Gasteiger partial charge in [-0.1, -0.05) is 24.3 Å². The number of hydrogen-bond acceptors (Lipinski definition) is 3. The molecule has 0 saturated heterocycles. The van der Waals surface area contributed by atoms with Crippen molar-refractivity contribution in [1.29, 1.82) is 0 Å². The zero-order chi connectivity index (χ0) is 19.1. The first-order valence-corrected chi connectivity index (χ1v) is 9.18. The van der Waals surface area contributed by atoms with Crippen molar-refractivity contribution in [3.05, 3.63) is 59.9 Å². The molecule has 0 aliphatic heterocycles. The van der Waals surface area contributed by atoms with Crippen LogP contribution in [0.3, 0.4) is 0 Å². The molecule has 2 aromatic carbocycles. The summed E-state index contributed by atoms with van der Waals surface area (Å²) in [6.07, 6.45) is 1.74. The predicted molar refractivity (Wildman–Crippen MR) is 106 cm³/mol. The molecular weight excluding hydrogens is 345 g/mol. The van der Waals surface area contributed by atoms with Gasteiger partial charge >= 0.3 is 0 Å². The van der Waals surface area contributed by atoms with Crippen LogP contribution < -0.4 is 15.4 Å². The molecule has 1 aliphatic rings. The van der Waals surface area contributed by atoms with Crippen molar-refractivity contribution >= 4 is 11.6 Å². The molecule has 3 rings (SSSR count). The second kappa shape index (κ2) is 9.37. The normalized spacial score (nSPS) is 18.9. The van der Waals surface area contributed by atoms with Crippen LogP contribution in [0.4, 0.5) is 10.1 Å². The highest BCUT2D eigenvalue weighted by atomic mass is 19.1. The van der Waals surface area contributed by atoms with Crippen LogP contribution in [0.5, 0.6) is 5.75 Å². The van der Waals surface area contributed by atoms with Crippen LogP contribution in [0.1, 0.15) is 24.3 Å². The Morgan fingerprint density at radius 2 is 2.04 bits per heavy atom. The Morgan fingerprint density at radius 3 is 2.81 bits per heavy atom. The van der Waals surface area contributed by atoms with Crippen molar-refractivity contribution in [3.63, 3.8) is 0 Å². The first-order chi connectivity index (χ1) is 13.2. The fraction of sp³-hybridized carbons (Fsp3) is 0.381. The summed E-state index contributed by atoms with van der Waals surface area (Å²) in [4.78, 5) is 4.27. The molecule has 2 aromatic rings. The number of guanidine groups is 1. The Morgan fingerprint density at radius 1 is 1.19 bits per heavy atom. The fourth-order valence-corrected chi connectivity index (χ4v) is 3.00. The molecule has 0 amide bonds. The number of benzene rings is 2. The number of rotatable bonds is 8. The molecule has 6 heteroatoms. The molecule has 2 N–H and O–H groups in total. The van der Waals surface area contributed by atoms with Crippen LogP contribution >= 0.6 is 0 Å². The van der Waals surface area contributed by atoms with Crippen LogP contribution in [0, 0.1) is 5.82 Å². The van der Waals surface area contributed by atoms with Crippen LogP contribution in [-0.2, 0) is 4.74 Å². The minimum absolute atomic E-state index is 0.145. The van der Waals surface area contributed by atoms with E-state index in [1.54, 1.807) is 20.2 Å². The van der Waals surface area contributed by atoms with Crippen molar-refractivity contribution in [3.8, 4) is 5.75 Å². The van der Waals surface area contributed by atoms with Gasteiger partial charge in [0, 0.05) is 50.9 Å². The molecule has 2 atom stereocenters.